The molecule has 1 unspecified atom stereocenters. The molecule has 5 nitrogen and oxygen atoms in total. The Labute approximate surface area is 118 Å². The number of fused-ring (bicyclic) bond motifs is 1. The molecule has 1 saturated heterocycles. The maximum absolute atomic E-state index is 12.4. The lowest BCUT2D eigenvalue weighted by Crippen LogP contribution is -2.27. The van der Waals surface area contributed by atoms with Crippen LogP contribution in [0, 0.1) is 5.92 Å². The molecule has 3 heterocycles. The Morgan fingerprint density at radius 1 is 1.40 bits per heavy atom. The van der Waals surface area contributed by atoms with Gasteiger partial charge in [0.15, 0.2) is 5.52 Å². The van der Waals surface area contributed by atoms with Gasteiger partial charge in [-0.25, -0.2) is 9.97 Å². The number of nitrogens with zero attached hydrogens (tertiary/aromatic N) is 4. The summed E-state index contributed by atoms with van der Waals surface area (Å²) < 4.78 is 1.72. The van der Waals surface area contributed by atoms with Gasteiger partial charge in [0.1, 0.15) is 0 Å². The summed E-state index contributed by atoms with van der Waals surface area (Å²) in [6.07, 6.45) is 5.66. The van der Waals surface area contributed by atoms with Gasteiger partial charge in [-0.1, -0.05) is 6.92 Å². The number of pyridine rings is 1. The average molecular weight is 272 g/mol. The Morgan fingerprint density at radius 2 is 2.30 bits per heavy atom. The number of aromatic nitrogens is 3. The van der Waals surface area contributed by atoms with Crippen molar-refractivity contribution in [3.8, 4) is 0 Å². The predicted molar refractivity (Wildman–Crippen MR) is 78.6 cm³/mol. The van der Waals surface area contributed by atoms with Gasteiger partial charge in [0.25, 0.3) is 5.56 Å². The summed E-state index contributed by atoms with van der Waals surface area (Å²) in [7, 11) is 0. The standard InChI is InChI=1S/C15H20N4O/c1-2-7-18-8-5-12(9-18)10-19-11-17-13-4-3-6-16-14(13)15(19)20/h3-4,6,11-12H,2,5,7-10H2,1H3. The molecule has 0 saturated carbocycles. The first-order valence-electron chi connectivity index (χ1n) is 7.30. The smallest absolute Gasteiger partial charge is 0.279 e. The van der Waals surface area contributed by atoms with Crippen molar-refractivity contribution in [1.82, 2.24) is 19.4 Å². The summed E-state index contributed by atoms with van der Waals surface area (Å²) >= 11 is 0. The van der Waals surface area contributed by atoms with Crippen LogP contribution in [0.4, 0.5) is 0 Å². The first-order chi connectivity index (χ1) is 9.78. The lowest BCUT2D eigenvalue weighted by Gasteiger charge is -2.15. The molecular weight excluding hydrogens is 252 g/mol. The first kappa shape index (κ1) is 13.2. The van der Waals surface area contributed by atoms with Crippen LogP contribution in [0.25, 0.3) is 11.0 Å². The lowest BCUT2D eigenvalue weighted by molar-refractivity contribution is 0.316. The highest BCUT2D eigenvalue weighted by Gasteiger charge is 2.22. The number of rotatable bonds is 4. The molecule has 3 rings (SSSR count). The fourth-order valence-corrected chi connectivity index (χ4v) is 2.98. The summed E-state index contributed by atoms with van der Waals surface area (Å²) in [5.74, 6) is 0.544. The van der Waals surface area contributed by atoms with Crippen LogP contribution in [-0.2, 0) is 6.54 Å². The van der Waals surface area contributed by atoms with Crippen LogP contribution < -0.4 is 5.56 Å². The van der Waals surface area contributed by atoms with E-state index < -0.39 is 0 Å². The zero-order valence-electron chi connectivity index (χ0n) is 11.8. The quantitative estimate of drug-likeness (QED) is 0.847. The third-order valence-corrected chi connectivity index (χ3v) is 3.95. The molecule has 1 aliphatic heterocycles. The van der Waals surface area contributed by atoms with Gasteiger partial charge in [-0.05, 0) is 44.0 Å². The molecular formula is C15H20N4O. The molecule has 0 bridgehead atoms. The van der Waals surface area contributed by atoms with Crippen molar-refractivity contribution in [2.45, 2.75) is 26.3 Å². The van der Waals surface area contributed by atoms with E-state index >= 15 is 0 Å². The molecule has 20 heavy (non-hydrogen) atoms. The Kier molecular flexibility index (Phi) is 3.78. The van der Waals surface area contributed by atoms with E-state index in [1.165, 1.54) is 6.42 Å². The van der Waals surface area contributed by atoms with Gasteiger partial charge in [0.05, 0.1) is 11.8 Å². The van der Waals surface area contributed by atoms with Gasteiger partial charge in [0, 0.05) is 19.3 Å². The van der Waals surface area contributed by atoms with Crippen molar-refractivity contribution in [2.24, 2.45) is 5.92 Å². The largest absolute Gasteiger partial charge is 0.303 e. The zero-order valence-corrected chi connectivity index (χ0v) is 11.8. The second kappa shape index (κ2) is 5.71. The summed E-state index contributed by atoms with van der Waals surface area (Å²) in [6, 6.07) is 3.63. The van der Waals surface area contributed by atoms with E-state index in [0.29, 0.717) is 17.0 Å². The SMILES string of the molecule is CCCN1CCC(Cn2cnc3cccnc3c2=O)C1. The molecule has 0 aromatic carbocycles. The molecule has 1 fully saturated rings. The minimum Gasteiger partial charge on any atom is -0.303 e. The molecule has 0 amide bonds. The fraction of sp³-hybridized carbons (Fsp3) is 0.533. The summed E-state index contributed by atoms with van der Waals surface area (Å²) in [4.78, 5) is 23.3. The number of hydrogen-bond acceptors (Lipinski definition) is 4. The normalized spacial score (nSPS) is 19.8. The van der Waals surface area contributed by atoms with Crippen LogP contribution >= 0.6 is 0 Å². The molecule has 2 aromatic heterocycles. The van der Waals surface area contributed by atoms with Gasteiger partial charge in [-0.2, -0.15) is 0 Å². The van der Waals surface area contributed by atoms with E-state index in [1.807, 2.05) is 6.07 Å². The van der Waals surface area contributed by atoms with E-state index in [-0.39, 0.29) is 5.56 Å². The first-order valence-corrected chi connectivity index (χ1v) is 7.30. The van der Waals surface area contributed by atoms with Crippen LogP contribution in [0.2, 0.25) is 0 Å². The summed E-state index contributed by atoms with van der Waals surface area (Å²) in [6.45, 7) is 6.34. The highest BCUT2D eigenvalue weighted by atomic mass is 16.1. The Bertz CT molecular complexity index is 652. The van der Waals surface area contributed by atoms with Crippen molar-refractivity contribution in [1.29, 1.82) is 0 Å². The van der Waals surface area contributed by atoms with Crippen molar-refractivity contribution in [3.63, 3.8) is 0 Å². The molecule has 1 aliphatic rings. The minimum absolute atomic E-state index is 0.0236. The summed E-state index contributed by atoms with van der Waals surface area (Å²) in [5, 5.41) is 0. The topological polar surface area (TPSA) is 51.0 Å². The van der Waals surface area contributed by atoms with Gasteiger partial charge in [0.2, 0.25) is 0 Å². The van der Waals surface area contributed by atoms with Gasteiger partial charge in [-0.3, -0.25) is 9.36 Å². The third kappa shape index (κ3) is 2.58. The van der Waals surface area contributed by atoms with E-state index in [1.54, 1.807) is 23.2 Å². The van der Waals surface area contributed by atoms with E-state index in [2.05, 4.69) is 21.8 Å². The van der Waals surface area contributed by atoms with Gasteiger partial charge in [-0.15, -0.1) is 0 Å². The van der Waals surface area contributed by atoms with E-state index in [9.17, 15) is 4.79 Å². The molecule has 106 valence electrons. The van der Waals surface area contributed by atoms with Gasteiger partial charge >= 0.3 is 0 Å². The van der Waals surface area contributed by atoms with Crippen LogP contribution in [0.1, 0.15) is 19.8 Å². The van der Waals surface area contributed by atoms with Crippen LogP contribution in [0.5, 0.6) is 0 Å². The second-order valence-electron chi connectivity index (χ2n) is 5.53. The van der Waals surface area contributed by atoms with Gasteiger partial charge < -0.3 is 4.90 Å². The highest BCUT2D eigenvalue weighted by molar-refractivity contribution is 5.71. The van der Waals surface area contributed by atoms with Crippen molar-refractivity contribution in [3.05, 3.63) is 35.0 Å². The highest BCUT2D eigenvalue weighted by Crippen LogP contribution is 2.17. The number of hydrogen-bond donors (Lipinski definition) is 0. The Hall–Kier alpha value is -1.75. The monoisotopic (exact) mass is 272 g/mol. The molecule has 1 atom stereocenters. The molecule has 0 spiro atoms. The van der Waals surface area contributed by atoms with Crippen molar-refractivity contribution in [2.75, 3.05) is 19.6 Å². The maximum Gasteiger partial charge on any atom is 0.279 e. The molecule has 5 heteroatoms. The van der Waals surface area contributed by atoms with Crippen LogP contribution in [0.3, 0.4) is 0 Å². The Morgan fingerprint density at radius 3 is 3.15 bits per heavy atom. The van der Waals surface area contributed by atoms with Crippen LogP contribution in [0.15, 0.2) is 29.5 Å². The molecule has 0 radical (unpaired) electrons. The zero-order chi connectivity index (χ0) is 13.9. The maximum atomic E-state index is 12.4. The lowest BCUT2D eigenvalue weighted by atomic mass is 10.1. The van der Waals surface area contributed by atoms with E-state index in [0.717, 1.165) is 32.6 Å². The van der Waals surface area contributed by atoms with Crippen LogP contribution in [-0.4, -0.2) is 39.1 Å². The molecule has 0 aliphatic carbocycles. The minimum atomic E-state index is -0.0236. The second-order valence-corrected chi connectivity index (χ2v) is 5.53. The molecule has 2 aromatic rings. The Balaban J connectivity index is 1.78. The fourth-order valence-electron chi connectivity index (χ4n) is 2.98. The number of likely N-dealkylation sites (tertiary alicyclic amines) is 1. The third-order valence-electron chi connectivity index (χ3n) is 3.95. The summed E-state index contributed by atoms with van der Waals surface area (Å²) in [5.41, 5.74) is 1.12. The predicted octanol–water partition coefficient (Wildman–Crippen LogP) is 1.52. The van der Waals surface area contributed by atoms with Crippen molar-refractivity contribution >= 4 is 11.0 Å². The van der Waals surface area contributed by atoms with E-state index in [4.69, 9.17) is 0 Å². The molecule has 0 N–H and O–H groups in total. The average Bonchev–Trinajstić information content (AvgIpc) is 2.90. The van der Waals surface area contributed by atoms with Crippen molar-refractivity contribution < 1.29 is 0 Å².